The highest BCUT2D eigenvalue weighted by atomic mass is 16.3. The zero-order valence-electron chi connectivity index (χ0n) is 63.3. The van der Waals surface area contributed by atoms with Crippen molar-refractivity contribution in [2.45, 2.75) is 0 Å². The number of furan rings is 2. The first kappa shape index (κ1) is 13.0. The Hall–Kier alpha value is -7.62. The molecular formula is C54H35NO2. The summed E-state index contributed by atoms with van der Waals surface area (Å²) in [5.74, 6) is 0. The van der Waals surface area contributed by atoms with Gasteiger partial charge in [-0.25, -0.2) is 0 Å². The molecule has 11 aromatic rings. The molecule has 9 aromatic carbocycles. The van der Waals surface area contributed by atoms with E-state index in [4.69, 9.17) is 36.2 Å². The molecule has 3 heteroatoms. The molecule has 0 atom stereocenters. The summed E-state index contributed by atoms with van der Waals surface area (Å²) < 4.78 is 329. The van der Waals surface area contributed by atoms with E-state index in [-0.39, 0.29) is 0 Å². The van der Waals surface area contributed by atoms with Gasteiger partial charge in [0.1, 0.15) is 22.3 Å². The van der Waals surface area contributed by atoms with Crippen LogP contribution in [0.2, 0.25) is 0 Å². The minimum absolute atomic E-state index is 0.304. The Morgan fingerprint density at radius 2 is 0.825 bits per heavy atom. The number of nitrogens with zero attached hydrogens (tertiary/aromatic N) is 1. The average Bonchev–Trinajstić information content (AvgIpc) is 1.36. The molecule has 0 spiro atoms. The predicted molar refractivity (Wildman–Crippen MR) is 237 cm³/mol. The SMILES string of the molecule is [2H]c1c([2H])c([2H])c(-c2c([2H])c([2H])c(N(c3c([2H])c([2H])c(-c4c([2H])c([2H])c([2H])c([2H])c4[2H])c([2H])c3[2H])c3c([2H])c([2H])c(-c4c([2H])c([2H])c([2H])c([2H])c4-c4c([2H])c([2H])c5oc6c([2H])c([2H])c([2H])c([2H])c6c5c4[2H])c4oc5c([2H])c([2H])c([2H])c([2H])c5c34)c([2H])c2[2H])c([2H])c1[2H]. The number of anilines is 3. The molecular weight excluding hydrogens is 695 g/mol. The molecule has 0 unspecified atom stereocenters. The van der Waals surface area contributed by atoms with Crippen molar-refractivity contribution >= 4 is 60.9 Å². The Kier molecular flexibility index (Phi) is 3.09. The highest BCUT2D eigenvalue weighted by molar-refractivity contribution is 6.18. The van der Waals surface area contributed by atoms with Gasteiger partial charge in [0.05, 0.1) is 59.1 Å². The number of benzene rings is 9. The summed E-state index contributed by atoms with van der Waals surface area (Å²) in [6, 6.07) is -38.3. The van der Waals surface area contributed by atoms with Gasteiger partial charge in [0.15, 0.2) is 0 Å². The fraction of sp³-hybridized carbons (Fsp3) is 0. The first-order valence-electron chi connectivity index (χ1n) is 34.0. The number of rotatable bonds is 7. The van der Waals surface area contributed by atoms with Crippen LogP contribution < -0.4 is 4.90 Å². The van der Waals surface area contributed by atoms with Gasteiger partial charge in [0.25, 0.3) is 0 Å². The van der Waals surface area contributed by atoms with Crippen molar-refractivity contribution in [3.05, 3.63) is 211 Å². The molecule has 2 aromatic heterocycles. The summed E-state index contributed by atoms with van der Waals surface area (Å²) in [5, 5.41) is -2.89. The second-order valence-corrected chi connectivity index (χ2v) is 11.8. The summed E-state index contributed by atoms with van der Waals surface area (Å²) in [7, 11) is 0. The first-order chi connectivity index (χ1) is 42.8. The van der Waals surface area contributed by atoms with Crippen molar-refractivity contribution in [2.75, 3.05) is 4.90 Å². The summed E-state index contributed by atoms with van der Waals surface area (Å²) in [6.07, 6.45) is 0. The van der Waals surface area contributed by atoms with Crippen molar-refractivity contribution in [2.24, 2.45) is 0 Å². The number of hydrogen-bond acceptors (Lipinski definition) is 3. The second kappa shape index (κ2) is 13.6. The minimum atomic E-state index is -1.40. The molecule has 0 aliphatic rings. The van der Waals surface area contributed by atoms with Crippen LogP contribution in [0.15, 0.2) is 220 Å². The normalized spacial score (nSPS) is 20.1. The highest BCUT2D eigenvalue weighted by Gasteiger charge is 2.23. The molecule has 0 saturated carbocycles. The molecule has 0 aliphatic carbocycles. The van der Waals surface area contributed by atoms with Crippen LogP contribution >= 0.6 is 0 Å². The molecule has 0 amide bonds. The van der Waals surface area contributed by atoms with Gasteiger partial charge in [-0.1, -0.05) is 151 Å². The molecule has 0 fully saturated rings. The van der Waals surface area contributed by atoms with Crippen molar-refractivity contribution in [1.82, 2.24) is 0 Å². The second-order valence-electron chi connectivity index (χ2n) is 11.8. The smallest absolute Gasteiger partial charge is 0.145 e. The van der Waals surface area contributed by atoms with Crippen LogP contribution in [-0.2, 0) is 0 Å². The Labute approximate surface area is 379 Å². The van der Waals surface area contributed by atoms with Crippen LogP contribution in [0.25, 0.3) is 88.4 Å². The molecule has 0 bridgehead atoms. The molecule has 268 valence electrons. The Morgan fingerprint density at radius 3 is 1.47 bits per heavy atom. The standard InChI is InChI=1S/C54H35NO2/c1-3-13-36(14-4-1)38-23-28-41(29-24-38)55(42-30-25-39(26-31-42)37-15-5-2-6-16-37)49-33-32-46(54-53(49)47-20-10-12-22-51(47)57-54)44-18-8-7-17-43(44)40-27-34-52-48(35-40)45-19-9-11-21-50(45)56-52/h1-35H/i1D,2D,3D,4D,5D,6D,7D,8D,9D,10D,11D,12D,13D,14D,15D,16D,17D,18D,19D,20D,21D,22D,23D,24D,25D,26D,27D,28D,29D,30D,31D,32D,33D,34D,35D. The Morgan fingerprint density at radius 1 is 0.333 bits per heavy atom. The predicted octanol–water partition coefficient (Wildman–Crippen LogP) is 15.6. The van der Waals surface area contributed by atoms with Crippen LogP contribution in [0.3, 0.4) is 0 Å². The molecule has 0 N–H and O–H groups in total. The molecule has 0 radical (unpaired) electrons. The van der Waals surface area contributed by atoms with Gasteiger partial charge in [-0.3, -0.25) is 0 Å². The quantitative estimate of drug-likeness (QED) is 0.162. The number of fused-ring (bicyclic) bond motifs is 6. The number of hydrogen-bond donors (Lipinski definition) is 0. The maximum Gasteiger partial charge on any atom is 0.145 e. The molecule has 11 rings (SSSR count). The van der Waals surface area contributed by atoms with Gasteiger partial charge < -0.3 is 13.7 Å². The third kappa shape index (κ3) is 5.68. The fourth-order valence-corrected chi connectivity index (χ4v) is 6.09. The third-order valence-corrected chi connectivity index (χ3v) is 8.57. The van der Waals surface area contributed by atoms with Crippen LogP contribution in [-0.4, -0.2) is 0 Å². The van der Waals surface area contributed by atoms with Crippen LogP contribution in [0, 0.1) is 0 Å². The fourth-order valence-electron chi connectivity index (χ4n) is 6.09. The molecule has 0 aliphatic heterocycles. The summed E-state index contributed by atoms with van der Waals surface area (Å²) in [5.41, 5.74) is -14.5. The van der Waals surface area contributed by atoms with Gasteiger partial charge in [0.2, 0.25) is 0 Å². The minimum Gasteiger partial charge on any atom is -0.456 e. The maximum absolute atomic E-state index is 10.2. The van der Waals surface area contributed by atoms with E-state index in [1.165, 1.54) is 0 Å². The van der Waals surface area contributed by atoms with Crippen LogP contribution in [0.1, 0.15) is 48.0 Å². The average molecular weight is 765 g/mol. The van der Waals surface area contributed by atoms with E-state index in [2.05, 4.69) is 0 Å². The lowest BCUT2D eigenvalue weighted by atomic mass is 9.92. The van der Waals surface area contributed by atoms with E-state index < -0.39 is 317 Å². The van der Waals surface area contributed by atoms with Gasteiger partial charge in [-0.2, -0.15) is 0 Å². The van der Waals surface area contributed by atoms with E-state index in [1.54, 1.807) is 0 Å². The van der Waals surface area contributed by atoms with E-state index >= 15 is 0 Å². The van der Waals surface area contributed by atoms with Gasteiger partial charge in [0, 0.05) is 33.1 Å². The monoisotopic (exact) mass is 764 g/mol. The summed E-state index contributed by atoms with van der Waals surface area (Å²) in [4.78, 5) is 0.304. The zero-order valence-corrected chi connectivity index (χ0v) is 28.3. The summed E-state index contributed by atoms with van der Waals surface area (Å²) in [6.45, 7) is 0. The lowest BCUT2D eigenvalue weighted by Gasteiger charge is -2.27. The van der Waals surface area contributed by atoms with E-state index in [0.717, 1.165) is 0 Å². The molecule has 0 saturated heterocycles. The van der Waals surface area contributed by atoms with Crippen LogP contribution in [0.4, 0.5) is 17.1 Å². The van der Waals surface area contributed by atoms with Crippen molar-refractivity contribution in [1.29, 1.82) is 0 Å². The summed E-state index contributed by atoms with van der Waals surface area (Å²) >= 11 is 0. The Balaban J connectivity index is 1.39. The molecule has 57 heavy (non-hydrogen) atoms. The van der Waals surface area contributed by atoms with Crippen molar-refractivity contribution < 1.29 is 56.8 Å². The van der Waals surface area contributed by atoms with E-state index in [1.807, 2.05) is 0 Å². The zero-order chi connectivity index (χ0) is 68.2. The first-order valence-corrected chi connectivity index (χ1v) is 16.5. The van der Waals surface area contributed by atoms with Crippen molar-refractivity contribution in [3.63, 3.8) is 0 Å². The topological polar surface area (TPSA) is 29.5 Å². The molecule has 2 heterocycles. The third-order valence-electron chi connectivity index (χ3n) is 8.57. The largest absolute Gasteiger partial charge is 0.456 e. The maximum atomic E-state index is 10.2. The lowest BCUT2D eigenvalue weighted by molar-refractivity contribution is 0.669. The Bertz CT molecular complexity index is 5050. The van der Waals surface area contributed by atoms with E-state index in [9.17, 15) is 20.6 Å². The highest BCUT2D eigenvalue weighted by Crippen LogP contribution is 2.48. The van der Waals surface area contributed by atoms with Gasteiger partial charge in [-0.15, -0.1) is 0 Å². The number of para-hydroxylation sites is 2. The van der Waals surface area contributed by atoms with Gasteiger partial charge >= 0.3 is 0 Å². The van der Waals surface area contributed by atoms with Crippen LogP contribution in [0.5, 0.6) is 0 Å². The van der Waals surface area contributed by atoms with Gasteiger partial charge in [-0.05, 0) is 99.4 Å². The molecule has 3 nitrogen and oxygen atoms in total. The lowest BCUT2D eigenvalue weighted by Crippen LogP contribution is -2.10. The van der Waals surface area contributed by atoms with E-state index in [0.29, 0.717) is 4.90 Å². The van der Waals surface area contributed by atoms with Crippen molar-refractivity contribution in [3.8, 4) is 44.5 Å².